The molecule has 3 nitrogen and oxygen atoms in total. The molecule has 1 aliphatic heterocycles. The van der Waals surface area contributed by atoms with Gasteiger partial charge in [0.15, 0.2) is 0 Å². The van der Waals surface area contributed by atoms with Gasteiger partial charge in [-0.3, -0.25) is 0 Å². The Labute approximate surface area is 103 Å². The van der Waals surface area contributed by atoms with E-state index >= 15 is 0 Å². The lowest BCUT2D eigenvalue weighted by Gasteiger charge is -2.20. The maximum absolute atomic E-state index is 10.1. The van der Waals surface area contributed by atoms with E-state index in [1.807, 2.05) is 31.2 Å². The van der Waals surface area contributed by atoms with Gasteiger partial charge in [0.05, 0.1) is 6.10 Å². The van der Waals surface area contributed by atoms with Crippen molar-refractivity contribution in [2.24, 2.45) is 5.92 Å². The van der Waals surface area contributed by atoms with Crippen LogP contribution in [0.5, 0.6) is 0 Å². The van der Waals surface area contributed by atoms with Crippen LogP contribution in [-0.4, -0.2) is 41.4 Å². The lowest BCUT2D eigenvalue weighted by Crippen LogP contribution is -2.27. The first-order valence-corrected chi connectivity index (χ1v) is 6.27. The molecule has 2 N–H and O–H groups in total. The second-order valence-electron chi connectivity index (χ2n) is 5.02. The van der Waals surface area contributed by atoms with Crippen molar-refractivity contribution in [1.82, 2.24) is 4.90 Å². The van der Waals surface area contributed by atoms with Gasteiger partial charge in [0.25, 0.3) is 0 Å². The van der Waals surface area contributed by atoms with Crippen molar-refractivity contribution in [3.05, 3.63) is 35.4 Å². The smallest absolute Gasteiger partial charge is 0.0916 e. The Morgan fingerprint density at radius 1 is 1.35 bits per heavy atom. The lowest BCUT2D eigenvalue weighted by molar-refractivity contribution is 0.121. The number of aliphatic hydroxyl groups is 2. The maximum Gasteiger partial charge on any atom is 0.0916 e. The summed E-state index contributed by atoms with van der Waals surface area (Å²) in [6.07, 6.45) is 0.616. The van der Waals surface area contributed by atoms with Gasteiger partial charge >= 0.3 is 0 Å². The molecule has 0 radical (unpaired) electrons. The second-order valence-corrected chi connectivity index (χ2v) is 5.02. The molecule has 2 rings (SSSR count). The molecule has 1 saturated heterocycles. The van der Waals surface area contributed by atoms with E-state index in [0.29, 0.717) is 12.5 Å². The summed E-state index contributed by atoms with van der Waals surface area (Å²) >= 11 is 0. The molecule has 0 spiro atoms. The van der Waals surface area contributed by atoms with Crippen molar-refractivity contribution < 1.29 is 10.2 Å². The van der Waals surface area contributed by atoms with Gasteiger partial charge in [0.2, 0.25) is 0 Å². The number of likely N-dealkylation sites (tertiary alicyclic amines) is 1. The van der Waals surface area contributed by atoms with E-state index in [1.54, 1.807) is 0 Å². The molecule has 1 aliphatic rings. The summed E-state index contributed by atoms with van der Waals surface area (Å²) in [7, 11) is 0. The van der Waals surface area contributed by atoms with Crippen LogP contribution in [0.1, 0.15) is 23.7 Å². The van der Waals surface area contributed by atoms with Gasteiger partial charge < -0.3 is 15.1 Å². The molecular weight excluding hydrogens is 214 g/mol. The van der Waals surface area contributed by atoms with Crippen LogP contribution < -0.4 is 0 Å². The molecule has 17 heavy (non-hydrogen) atoms. The molecule has 1 aromatic rings. The summed E-state index contributed by atoms with van der Waals surface area (Å²) in [6.45, 7) is 4.85. The topological polar surface area (TPSA) is 43.7 Å². The molecule has 1 fully saturated rings. The molecule has 2 unspecified atom stereocenters. The van der Waals surface area contributed by atoms with Crippen LogP contribution in [0.4, 0.5) is 0 Å². The van der Waals surface area contributed by atoms with Gasteiger partial charge in [-0.05, 0) is 31.4 Å². The normalized spacial score (nSPS) is 22.9. The zero-order valence-corrected chi connectivity index (χ0v) is 10.3. The predicted molar refractivity (Wildman–Crippen MR) is 67.8 cm³/mol. The van der Waals surface area contributed by atoms with Gasteiger partial charge in [-0.1, -0.05) is 29.8 Å². The largest absolute Gasteiger partial charge is 0.396 e. The zero-order chi connectivity index (χ0) is 12.3. The average molecular weight is 235 g/mol. The van der Waals surface area contributed by atoms with Crippen molar-refractivity contribution in [3.63, 3.8) is 0 Å². The van der Waals surface area contributed by atoms with E-state index in [0.717, 1.165) is 25.1 Å². The van der Waals surface area contributed by atoms with E-state index < -0.39 is 6.10 Å². The first-order valence-electron chi connectivity index (χ1n) is 6.27. The minimum atomic E-state index is -0.423. The molecule has 2 atom stereocenters. The van der Waals surface area contributed by atoms with E-state index in [-0.39, 0.29) is 6.61 Å². The van der Waals surface area contributed by atoms with Crippen LogP contribution in [0, 0.1) is 12.8 Å². The second kappa shape index (κ2) is 5.63. The summed E-state index contributed by atoms with van der Waals surface area (Å²) in [6, 6.07) is 8.03. The fourth-order valence-corrected chi connectivity index (χ4v) is 2.37. The fourth-order valence-electron chi connectivity index (χ4n) is 2.37. The fraction of sp³-hybridized carbons (Fsp3) is 0.571. The van der Waals surface area contributed by atoms with Crippen LogP contribution >= 0.6 is 0 Å². The van der Waals surface area contributed by atoms with Gasteiger partial charge in [-0.2, -0.15) is 0 Å². The number of hydrogen-bond donors (Lipinski definition) is 2. The molecular formula is C14H21NO2. The van der Waals surface area contributed by atoms with Crippen molar-refractivity contribution in [2.75, 3.05) is 26.2 Å². The number of benzene rings is 1. The van der Waals surface area contributed by atoms with Crippen molar-refractivity contribution in [1.29, 1.82) is 0 Å². The monoisotopic (exact) mass is 235 g/mol. The molecule has 0 aliphatic carbocycles. The molecule has 94 valence electrons. The Kier molecular flexibility index (Phi) is 4.15. The highest BCUT2D eigenvalue weighted by molar-refractivity contribution is 5.23. The lowest BCUT2D eigenvalue weighted by atomic mass is 10.1. The molecule has 0 saturated carbocycles. The van der Waals surface area contributed by atoms with Crippen molar-refractivity contribution in [2.45, 2.75) is 19.4 Å². The highest BCUT2D eigenvalue weighted by atomic mass is 16.3. The molecule has 1 aromatic carbocycles. The average Bonchev–Trinajstić information content (AvgIpc) is 2.77. The first kappa shape index (κ1) is 12.6. The molecule has 1 heterocycles. The predicted octanol–water partition coefficient (Wildman–Crippen LogP) is 1.34. The molecule has 0 aromatic heterocycles. The molecule has 0 amide bonds. The SMILES string of the molecule is Cc1ccc(C(O)CN2CCC(CO)C2)cc1. The Morgan fingerprint density at radius 3 is 2.65 bits per heavy atom. The first-order chi connectivity index (χ1) is 8.19. The number of nitrogens with zero attached hydrogens (tertiary/aromatic N) is 1. The Morgan fingerprint density at radius 2 is 2.06 bits per heavy atom. The number of aryl methyl sites for hydroxylation is 1. The van der Waals surface area contributed by atoms with Gasteiger partial charge in [0.1, 0.15) is 0 Å². The molecule has 0 bridgehead atoms. The summed E-state index contributed by atoms with van der Waals surface area (Å²) in [5.41, 5.74) is 2.19. The third kappa shape index (κ3) is 3.28. The Hall–Kier alpha value is -0.900. The minimum Gasteiger partial charge on any atom is -0.396 e. The summed E-state index contributed by atoms with van der Waals surface area (Å²) in [5, 5.41) is 19.2. The minimum absolute atomic E-state index is 0.261. The quantitative estimate of drug-likeness (QED) is 0.828. The van der Waals surface area contributed by atoms with Crippen LogP contribution in [0.15, 0.2) is 24.3 Å². The molecule has 3 heteroatoms. The number of rotatable bonds is 4. The third-order valence-electron chi connectivity index (χ3n) is 3.52. The van der Waals surface area contributed by atoms with Crippen LogP contribution in [0.2, 0.25) is 0 Å². The van der Waals surface area contributed by atoms with Crippen molar-refractivity contribution in [3.8, 4) is 0 Å². The number of β-amino-alcohol motifs (C(OH)–C–C–N with tert-alkyl or cyclic N) is 1. The highest BCUT2D eigenvalue weighted by Gasteiger charge is 2.23. The van der Waals surface area contributed by atoms with E-state index in [9.17, 15) is 5.11 Å². The standard InChI is InChI=1S/C14H21NO2/c1-11-2-4-13(5-3-11)14(17)9-15-7-6-12(8-15)10-16/h2-5,12,14,16-17H,6-10H2,1H3. The van der Waals surface area contributed by atoms with Crippen LogP contribution in [0.3, 0.4) is 0 Å². The van der Waals surface area contributed by atoms with Crippen molar-refractivity contribution >= 4 is 0 Å². The van der Waals surface area contributed by atoms with E-state index in [4.69, 9.17) is 5.11 Å². The number of aliphatic hydroxyl groups excluding tert-OH is 2. The maximum atomic E-state index is 10.1. The Bertz CT molecular complexity index is 350. The van der Waals surface area contributed by atoms with Gasteiger partial charge in [-0.25, -0.2) is 0 Å². The highest BCUT2D eigenvalue weighted by Crippen LogP contribution is 2.20. The third-order valence-corrected chi connectivity index (χ3v) is 3.52. The van der Waals surface area contributed by atoms with Crippen LogP contribution in [-0.2, 0) is 0 Å². The summed E-state index contributed by atoms with van der Waals surface area (Å²) in [5.74, 6) is 0.389. The number of hydrogen-bond acceptors (Lipinski definition) is 3. The van der Waals surface area contributed by atoms with Gasteiger partial charge in [-0.15, -0.1) is 0 Å². The van der Waals surface area contributed by atoms with E-state index in [2.05, 4.69) is 4.90 Å². The Balaban J connectivity index is 1.89. The summed E-state index contributed by atoms with van der Waals surface area (Å²) < 4.78 is 0. The zero-order valence-electron chi connectivity index (χ0n) is 10.3. The van der Waals surface area contributed by atoms with Gasteiger partial charge in [0, 0.05) is 19.7 Å². The van der Waals surface area contributed by atoms with E-state index in [1.165, 1.54) is 5.56 Å². The van der Waals surface area contributed by atoms with Crippen LogP contribution in [0.25, 0.3) is 0 Å². The summed E-state index contributed by atoms with van der Waals surface area (Å²) in [4.78, 5) is 2.23.